The second kappa shape index (κ2) is 7.70. The monoisotopic (exact) mass is 407 g/mol. The summed E-state index contributed by atoms with van der Waals surface area (Å²) < 4.78 is 4.88. The van der Waals surface area contributed by atoms with E-state index >= 15 is 0 Å². The third-order valence-electron chi connectivity index (χ3n) is 4.46. The van der Waals surface area contributed by atoms with Gasteiger partial charge in [0, 0.05) is 0 Å². The first-order chi connectivity index (χ1) is 14.5. The van der Waals surface area contributed by atoms with Crippen LogP contribution in [0.5, 0.6) is 0 Å². The average molecular weight is 407 g/mol. The summed E-state index contributed by atoms with van der Waals surface area (Å²) in [6.45, 7) is 3.05. The quantitative estimate of drug-likeness (QED) is 0.295. The van der Waals surface area contributed by atoms with Crippen LogP contribution in [-0.2, 0) is 9.53 Å². The van der Waals surface area contributed by atoms with Gasteiger partial charge in [-0.05, 0) is 25.0 Å². The number of aromatic nitrogens is 2. The highest BCUT2D eigenvalue weighted by Crippen LogP contribution is 2.29. The number of nitrogens with one attached hydrogen (secondary N) is 2. The van der Waals surface area contributed by atoms with Gasteiger partial charge in [0.2, 0.25) is 5.70 Å². The van der Waals surface area contributed by atoms with Crippen molar-refractivity contribution in [3.05, 3.63) is 68.4 Å². The lowest BCUT2D eigenvalue weighted by Crippen LogP contribution is -2.44. The molecule has 0 amide bonds. The van der Waals surface area contributed by atoms with Crippen molar-refractivity contribution in [3.8, 4) is 0 Å². The Bertz CT molecular complexity index is 1310. The summed E-state index contributed by atoms with van der Waals surface area (Å²) >= 11 is 0. The van der Waals surface area contributed by atoms with Gasteiger partial charge in [-0.2, -0.15) is 0 Å². The van der Waals surface area contributed by atoms with Gasteiger partial charge in [-0.3, -0.25) is 15.0 Å². The second-order valence-electron chi connectivity index (χ2n) is 6.40. The molecule has 2 aliphatic rings. The zero-order chi connectivity index (χ0) is 21.3. The van der Waals surface area contributed by atoms with Crippen LogP contribution in [-0.4, -0.2) is 39.6 Å². The van der Waals surface area contributed by atoms with Gasteiger partial charge in [0.05, 0.1) is 11.8 Å². The fourth-order valence-corrected chi connectivity index (χ4v) is 3.19. The third kappa shape index (κ3) is 3.26. The van der Waals surface area contributed by atoms with E-state index in [-0.39, 0.29) is 29.5 Å². The van der Waals surface area contributed by atoms with Gasteiger partial charge in [0.15, 0.2) is 17.2 Å². The molecule has 1 unspecified atom stereocenters. The van der Waals surface area contributed by atoms with E-state index in [1.54, 1.807) is 6.92 Å². The number of esters is 1. The molecule has 0 spiro atoms. The number of aliphatic hydroxyl groups is 1. The number of ether oxygens (including phenoxy) is 1. The van der Waals surface area contributed by atoms with Gasteiger partial charge in [0.1, 0.15) is 11.7 Å². The maximum Gasteiger partial charge on any atom is 0.362 e. The first-order valence-electron chi connectivity index (χ1n) is 9.10. The van der Waals surface area contributed by atoms with Crippen LogP contribution in [0.1, 0.15) is 19.4 Å². The molecule has 0 radical (unpaired) electrons. The highest BCUT2D eigenvalue weighted by Gasteiger charge is 2.36. The van der Waals surface area contributed by atoms with Crippen LogP contribution in [0.3, 0.4) is 0 Å². The average Bonchev–Trinajstić information content (AvgIpc) is 3.31. The Morgan fingerprint density at radius 3 is 2.70 bits per heavy atom. The normalized spacial score (nSPS) is 18.2. The van der Waals surface area contributed by atoms with Crippen molar-refractivity contribution in [2.75, 3.05) is 6.61 Å². The Morgan fingerprint density at radius 2 is 2.00 bits per heavy atom. The van der Waals surface area contributed by atoms with Crippen LogP contribution in [0.4, 0.5) is 0 Å². The molecule has 1 aromatic carbocycles. The van der Waals surface area contributed by atoms with E-state index < -0.39 is 11.9 Å². The van der Waals surface area contributed by atoms with E-state index in [9.17, 15) is 14.7 Å². The smallest absolute Gasteiger partial charge is 0.362 e. The van der Waals surface area contributed by atoms with Crippen LogP contribution in [0.15, 0.2) is 72.0 Å². The molecular formula is C19H17N7O4. The number of hydrogen-bond donors (Lipinski definition) is 3. The molecule has 0 bridgehead atoms. The number of fused-ring (bicyclic) bond motifs is 2. The standard InChI is InChI=1S/C19H17N7O4/c1-3-30-19(29)14(9(2)27)21-24-17-12-11(10-7-5-4-6-8-10)13-16(23-26-18(13)28)20-15(12)22-25-17/h4-8,12,27H,3H2,1-2H3,(H,26,28)(H,20,22,23)/b14-9-,24-21?. The molecule has 0 saturated carbocycles. The number of benzene rings is 1. The number of aromatic amines is 2. The number of aliphatic hydroxyl groups excluding tert-OH is 1. The Labute approximate surface area is 168 Å². The topological polar surface area (TPSA) is 157 Å². The lowest BCUT2D eigenvalue weighted by Gasteiger charge is -2.17. The van der Waals surface area contributed by atoms with Gasteiger partial charge in [-0.15, -0.1) is 20.4 Å². The van der Waals surface area contributed by atoms with Crippen molar-refractivity contribution in [3.63, 3.8) is 0 Å². The van der Waals surface area contributed by atoms with Crippen molar-refractivity contribution in [2.45, 2.75) is 13.8 Å². The van der Waals surface area contributed by atoms with Gasteiger partial charge < -0.3 is 9.84 Å². The summed E-state index contributed by atoms with van der Waals surface area (Å²) in [5.74, 6) is -1.37. The van der Waals surface area contributed by atoms with Crippen LogP contribution >= 0.6 is 0 Å². The molecule has 0 aliphatic carbocycles. The molecule has 11 nitrogen and oxygen atoms in total. The van der Waals surface area contributed by atoms with Crippen molar-refractivity contribution >= 4 is 23.2 Å². The number of rotatable bonds is 4. The van der Waals surface area contributed by atoms with Gasteiger partial charge >= 0.3 is 5.97 Å². The minimum atomic E-state index is -0.814. The van der Waals surface area contributed by atoms with Crippen LogP contribution < -0.4 is 16.3 Å². The fraction of sp³-hybridized carbons (Fsp3) is 0.211. The summed E-state index contributed by atoms with van der Waals surface area (Å²) in [5, 5.41) is 31.4. The molecule has 2 aromatic rings. The number of H-pyrrole nitrogens is 2. The lowest BCUT2D eigenvalue weighted by molar-refractivity contribution is -0.138. The van der Waals surface area contributed by atoms with Gasteiger partial charge in [-0.1, -0.05) is 30.3 Å². The van der Waals surface area contributed by atoms with Crippen LogP contribution in [0, 0.1) is 5.92 Å². The molecule has 1 aromatic heterocycles. The molecule has 2 aliphatic heterocycles. The molecule has 30 heavy (non-hydrogen) atoms. The van der Waals surface area contributed by atoms with Crippen molar-refractivity contribution in [1.82, 2.24) is 10.2 Å². The largest absolute Gasteiger partial charge is 0.510 e. The summed E-state index contributed by atoms with van der Waals surface area (Å²) in [5.41, 5.74) is 1.04. The number of allylic oxidation sites excluding steroid dienone is 1. The zero-order valence-corrected chi connectivity index (χ0v) is 16.1. The summed E-state index contributed by atoms with van der Waals surface area (Å²) in [6, 6.07) is 9.25. The summed E-state index contributed by atoms with van der Waals surface area (Å²) in [4.78, 5) is 28.8. The second-order valence-corrected chi connectivity index (χ2v) is 6.40. The number of carbonyl (C=O) groups excluding carboxylic acids is 1. The number of nitrogens with zero attached hydrogens (tertiary/aromatic N) is 5. The van der Waals surface area contributed by atoms with E-state index in [1.807, 2.05) is 30.3 Å². The predicted octanol–water partition coefficient (Wildman–Crippen LogP) is 0.682. The van der Waals surface area contributed by atoms with Crippen molar-refractivity contribution in [1.29, 1.82) is 0 Å². The molecule has 0 fully saturated rings. The summed E-state index contributed by atoms with van der Waals surface area (Å²) in [7, 11) is 0. The Kier molecular flexibility index (Phi) is 4.92. The molecule has 4 rings (SSSR count). The van der Waals surface area contributed by atoms with Crippen molar-refractivity contribution in [2.24, 2.45) is 31.3 Å². The minimum absolute atomic E-state index is 0.117. The molecular weight excluding hydrogens is 390 g/mol. The molecule has 3 N–H and O–H groups in total. The van der Waals surface area contributed by atoms with E-state index in [1.165, 1.54) is 6.92 Å². The maximum absolute atomic E-state index is 12.5. The lowest BCUT2D eigenvalue weighted by atomic mass is 9.88. The van der Waals surface area contributed by atoms with E-state index in [4.69, 9.17) is 4.74 Å². The van der Waals surface area contributed by atoms with Gasteiger partial charge in [0.25, 0.3) is 5.56 Å². The van der Waals surface area contributed by atoms with E-state index in [2.05, 4.69) is 35.6 Å². The van der Waals surface area contributed by atoms with Crippen LogP contribution in [0.25, 0.3) is 5.57 Å². The molecule has 152 valence electrons. The Balaban J connectivity index is 1.82. The molecule has 0 saturated heterocycles. The molecule has 1 atom stereocenters. The third-order valence-corrected chi connectivity index (χ3v) is 4.46. The highest BCUT2D eigenvalue weighted by molar-refractivity contribution is 6.18. The van der Waals surface area contributed by atoms with Crippen LogP contribution in [0.2, 0.25) is 0 Å². The van der Waals surface area contributed by atoms with Crippen molar-refractivity contribution < 1.29 is 14.6 Å². The van der Waals surface area contributed by atoms with E-state index in [0.29, 0.717) is 22.1 Å². The first-order valence-corrected chi connectivity index (χ1v) is 9.10. The Hall–Kier alpha value is -4.15. The molecule has 3 heterocycles. The zero-order valence-electron chi connectivity index (χ0n) is 16.1. The van der Waals surface area contributed by atoms with E-state index in [0.717, 1.165) is 5.56 Å². The SMILES string of the molecule is CCOC(=O)/C(N=NC1=NN=C2N=c3[nH][nH]c(=O)c3=C(c3ccccc3)C12)=C(\C)O. The van der Waals surface area contributed by atoms with Gasteiger partial charge in [-0.25, -0.2) is 9.79 Å². The number of amidine groups is 2. The Morgan fingerprint density at radius 1 is 1.23 bits per heavy atom. The number of azo groups is 1. The molecule has 11 heteroatoms. The first kappa shape index (κ1) is 19.2. The predicted molar refractivity (Wildman–Crippen MR) is 106 cm³/mol. The number of hydrogen-bond acceptors (Lipinski definition) is 9. The maximum atomic E-state index is 12.5. The number of carbonyl (C=O) groups is 1. The minimum Gasteiger partial charge on any atom is -0.510 e. The fourth-order valence-electron chi connectivity index (χ4n) is 3.19. The summed E-state index contributed by atoms with van der Waals surface area (Å²) in [6.07, 6.45) is 0. The highest BCUT2D eigenvalue weighted by atomic mass is 16.5.